The number of anilines is 3. The predicted octanol–water partition coefficient (Wildman–Crippen LogP) is 4.58. The summed E-state index contributed by atoms with van der Waals surface area (Å²) >= 11 is 5.73. The first kappa shape index (κ1) is 25.2. The van der Waals surface area contributed by atoms with Crippen LogP contribution in [0, 0.1) is 0 Å². The Balaban J connectivity index is 0.000000303. The summed E-state index contributed by atoms with van der Waals surface area (Å²) in [6, 6.07) is 4.28. The Bertz CT molecular complexity index is 832. The third-order valence-electron chi connectivity index (χ3n) is 3.21. The van der Waals surface area contributed by atoms with Crippen molar-refractivity contribution < 1.29 is 18.0 Å². The summed E-state index contributed by atoms with van der Waals surface area (Å²) in [4.78, 5) is 24.4. The molecule has 12 heteroatoms. The molecule has 2 aromatic rings. The second-order valence-electron chi connectivity index (χ2n) is 6.48. The summed E-state index contributed by atoms with van der Waals surface area (Å²) in [5.74, 6) is 0.992. The number of carbonyl (C=O) groups excluding carboxylic acids is 1. The standard InChI is InChI=1S/C10H11F3N2O.C8H14ClN5/c1-15(2)9(16)14-8-5-3-4-7(6-8)10(11,12)13;1-4-10-7-12-6(9)13-8(14-7)11-5(2)3/h3-6H,1-2H3,(H,14,16);5H,4H2,1-3H3,(H2,10,11,12,13,14). The lowest BCUT2D eigenvalue weighted by molar-refractivity contribution is -0.137. The second kappa shape index (κ2) is 11.4. The van der Waals surface area contributed by atoms with Crippen LogP contribution in [-0.2, 0) is 6.18 Å². The highest BCUT2D eigenvalue weighted by Gasteiger charge is 2.30. The van der Waals surface area contributed by atoms with Crippen LogP contribution < -0.4 is 16.0 Å². The Morgan fingerprint density at radius 3 is 2.33 bits per heavy atom. The predicted molar refractivity (Wildman–Crippen MR) is 112 cm³/mol. The van der Waals surface area contributed by atoms with E-state index in [2.05, 4.69) is 30.9 Å². The van der Waals surface area contributed by atoms with Gasteiger partial charge in [0.25, 0.3) is 0 Å². The van der Waals surface area contributed by atoms with Crippen molar-refractivity contribution in [3.8, 4) is 0 Å². The minimum atomic E-state index is -4.40. The smallest absolute Gasteiger partial charge is 0.354 e. The van der Waals surface area contributed by atoms with E-state index in [0.29, 0.717) is 11.9 Å². The van der Waals surface area contributed by atoms with Crippen molar-refractivity contribution in [3.63, 3.8) is 0 Å². The van der Waals surface area contributed by atoms with Gasteiger partial charge in [0.15, 0.2) is 0 Å². The molecule has 0 atom stereocenters. The van der Waals surface area contributed by atoms with E-state index >= 15 is 0 Å². The highest BCUT2D eigenvalue weighted by Crippen LogP contribution is 2.30. The Labute approximate surface area is 178 Å². The third kappa shape index (κ3) is 9.12. The van der Waals surface area contributed by atoms with E-state index in [9.17, 15) is 18.0 Å². The van der Waals surface area contributed by atoms with Crippen LogP contribution in [0.15, 0.2) is 24.3 Å². The Kier molecular flexibility index (Phi) is 9.57. The first-order valence-corrected chi connectivity index (χ1v) is 9.37. The Morgan fingerprint density at radius 1 is 1.17 bits per heavy atom. The summed E-state index contributed by atoms with van der Waals surface area (Å²) in [5, 5.41) is 8.57. The molecular formula is C18H25ClF3N7O. The van der Waals surface area contributed by atoms with Crippen LogP contribution in [0.5, 0.6) is 0 Å². The summed E-state index contributed by atoms with van der Waals surface area (Å²) in [6.07, 6.45) is -4.40. The van der Waals surface area contributed by atoms with Crippen LogP contribution in [0.4, 0.5) is 35.5 Å². The van der Waals surface area contributed by atoms with Crippen molar-refractivity contribution in [2.24, 2.45) is 0 Å². The molecular weight excluding hydrogens is 423 g/mol. The average Bonchev–Trinajstić information content (AvgIpc) is 2.61. The minimum Gasteiger partial charge on any atom is -0.354 e. The fraction of sp³-hybridized carbons (Fsp3) is 0.444. The van der Waals surface area contributed by atoms with Crippen LogP contribution >= 0.6 is 11.6 Å². The van der Waals surface area contributed by atoms with E-state index in [-0.39, 0.29) is 17.0 Å². The monoisotopic (exact) mass is 447 g/mol. The van der Waals surface area contributed by atoms with Gasteiger partial charge in [0, 0.05) is 32.4 Å². The molecule has 0 aliphatic heterocycles. The van der Waals surface area contributed by atoms with Crippen LogP contribution in [0.1, 0.15) is 26.3 Å². The largest absolute Gasteiger partial charge is 0.416 e. The third-order valence-corrected chi connectivity index (χ3v) is 3.38. The molecule has 0 bridgehead atoms. The van der Waals surface area contributed by atoms with Gasteiger partial charge in [0.05, 0.1) is 5.56 Å². The first-order valence-electron chi connectivity index (χ1n) is 9.00. The zero-order valence-corrected chi connectivity index (χ0v) is 18.1. The topological polar surface area (TPSA) is 95.1 Å². The highest BCUT2D eigenvalue weighted by molar-refractivity contribution is 6.28. The molecule has 8 nitrogen and oxygen atoms in total. The van der Waals surface area contributed by atoms with Crippen molar-refractivity contribution in [1.82, 2.24) is 19.9 Å². The zero-order chi connectivity index (χ0) is 22.9. The average molecular weight is 448 g/mol. The molecule has 166 valence electrons. The molecule has 3 N–H and O–H groups in total. The number of hydrogen-bond acceptors (Lipinski definition) is 6. The second-order valence-corrected chi connectivity index (χ2v) is 6.82. The number of hydrogen-bond donors (Lipinski definition) is 3. The van der Waals surface area contributed by atoms with Crippen molar-refractivity contribution in [3.05, 3.63) is 35.1 Å². The van der Waals surface area contributed by atoms with Gasteiger partial charge in [-0.05, 0) is 50.6 Å². The molecule has 1 heterocycles. The van der Waals surface area contributed by atoms with Gasteiger partial charge < -0.3 is 20.9 Å². The van der Waals surface area contributed by atoms with E-state index in [0.717, 1.165) is 18.7 Å². The van der Waals surface area contributed by atoms with Gasteiger partial charge in [-0.15, -0.1) is 0 Å². The molecule has 0 unspecified atom stereocenters. The molecule has 1 aromatic carbocycles. The minimum absolute atomic E-state index is 0.119. The first-order chi connectivity index (χ1) is 13.9. The fourth-order valence-corrected chi connectivity index (χ4v) is 2.08. The Morgan fingerprint density at radius 2 is 1.80 bits per heavy atom. The molecule has 2 rings (SSSR count). The number of rotatable bonds is 5. The quantitative estimate of drug-likeness (QED) is 0.621. The van der Waals surface area contributed by atoms with Gasteiger partial charge in [-0.1, -0.05) is 6.07 Å². The number of nitrogens with one attached hydrogen (secondary N) is 3. The maximum absolute atomic E-state index is 12.3. The lowest BCUT2D eigenvalue weighted by Gasteiger charge is -2.13. The van der Waals surface area contributed by atoms with E-state index in [4.69, 9.17) is 11.6 Å². The summed E-state index contributed by atoms with van der Waals surface area (Å²) in [7, 11) is 3.01. The molecule has 0 saturated heterocycles. The molecule has 30 heavy (non-hydrogen) atoms. The summed E-state index contributed by atoms with van der Waals surface area (Å²) in [5.41, 5.74) is -0.669. The maximum atomic E-state index is 12.3. The molecule has 2 amide bonds. The van der Waals surface area contributed by atoms with E-state index < -0.39 is 17.8 Å². The molecule has 0 aliphatic rings. The molecule has 0 saturated carbocycles. The van der Waals surface area contributed by atoms with Crippen molar-refractivity contribution in [2.45, 2.75) is 33.0 Å². The van der Waals surface area contributed by atoms with Gasteiger partial charge in [-0.3, -0.25) is 0 Å². The summed E-state index contributed by atoms with van der Waals surface area (Å²) < 4.78 is 37.0. The number of amides is 2. The molecule has 1 aromatic heterocycles. The molecule has 0 radical (unpaired) electrons. The van der Waals surface area contributed by atoms with Crippen LogP contribution in [0.25, 0.3) is 0 Å². The van der Waals surface area contributed by atoms with Crippen molar-refractivity contribution in [1.29, 1.82) is 0 Å². The molecule has 0 spiro atoms. The van der Waals surface area contributed by atoms with Crippen molar-refractivity contribution >= 4 is 35.2 Å². The number of nitrogens with zero attached hydrogens (tertiary/aromatic N) is 4. The molecule has 0 fully saturated rings. The number of aromatic nitrogens is 3. The lowest BCUT2D eigenvalue weighted by Crippen LogP contribution is -2.27. The number of alkyl halides is 3. The number of urea groups is 1. The van der Waals surface area contributed by atoms with Gasteiger partial charge >= 0.3 is 12.2 Å². The number of halogens is 4. The fourth-order valence-electron chi connectivity index (χ4n) is 1.92. The van der Waals surface area contributed by atoms with E-state index in [1.807, 2.05) is 20.8 Å². The van der Waals surface area contributed by atoms with Crippen molar-refractivity contribution in [2.75, 3.05) is 36.6 Å². The number of benzene rings is 1. The van der Waals surface area contributed by atoms with Gasteiger partial charge in [-0.25, -0.2) is 4.79 Å². The number of carbonyl (C=O) groups is 1. The van der Waals surface area contributed by atoms with Crippen LogP contribution in [0.2, 0.25) is 5.28 Å². The van der Waals surface area contributed by atoms with E-state index in [1.165, 1.54) is 31.1 Å². The van der Waals surface area contributed by atoms with Crippen LogP contribution in [0.3, 0.4) is 0 Å². The van der Waals surface area contributed by atoms with Gasteiger partial charge in [-0.2, -0.15) is 28.1 Å². The highest BCUT2D eigenvalue weighted by atomic mass is 35.5. The summed E-state index contributed by atoms with van der Waals surface area (Å²) in [6.45, 7) is 6.73. The van der Waals surface area contributed by atoms with E-state index in [1.54, 1.807) is 0 Å². The SMILES string of the molecule is CCNc1nc(Cl)nc(NC(C)C)n1.CN(C)C(=O)Nc1cccc(C(F)(F)F)c1. The molecule has 0 aliphatic carbocycles. The lowest BCUT2D eigenvalue weighted by atomic mass is 10.2. The zero-order valence-electron chi connectivity index (χ0n) is 17.3. The van der Waals surface area contributed by atoms with Gasteiger partial charge in [0.2, 0.25) is 17.2 Å². The Hall–Kier alpha value is -2.82. The van der Waals surface area contributed by atoms with Gasteiger partial charge in [0.1, 0.15) is 0 Å². The normalized spacial score (nSPS) is 10.7. The van der Waals surface area contributed by atoms with Crippen LogP contribution in [-0.4, -0.2) is 52.6 Å². The maximum Gasteiger partial charge on any atom is 0.416 e.